The van der Waals surface area contributed by atoms with Gasteiger partial charge in [-0.2, -0.15) is 0 Å². The number of amides is 3. The van der Waals surface area contributed by atoms with Crippen LogP contribution in [0.5, 0.6) is 5.75 Å². The third-order valence-corrected chi connectivity index (χ3v) is 8.01. The van der Waals surface area contributed by atoms with Gasteiger partial charge >= 0.3 is 6.03 Å². The van der Waals surface area contributed by atoms with Crippen LogP contribution < -0.4 is 30.5 Å². The number of methoxy groups -OCH3 is 1. The van der Waals surface area contributed by atoms with E-state index in [1.165, 1.54) is 0 Å². The van der Waals surface area contributed by atoms with Gasteiger partial charge in [-0.05, 0) is 74.5 Å². The number of nitrogens with one attached hydrogen (secondary N) is 3. The van der Waals surface area contributed by atoms with E-state index in [4.69, 9.17) is 4.74 Å². The molecule has 0 spiro atoms. The zero-order valence-electron chi connectivity index (χ0n) is 25.5. The van der Waals surface area contributed by atoms with Crippen molar-refractivity contribution in [1.82, 2.24) is 10.2 Å². The molecular weight excluding hydrogens is 528 g/mol. The molecule has 0 radical (unpaired) electrons. The number of carbonyl (C=O) groups excluding carboxylic acids is 2. The van der Waals surface area contributed by atoms with Gasteiger partial charge < -0.3 is 35.4 Å². The lowest BCUT2D eigenvalue weighted by atomic mass is 10.1. The Hall–Kier alpha value is -4.24. The molecule has 9 heteroatoms. The number of hydrogen-bond donors (Lipinski definition) is 3. The van der Waals surface area contributed by atoms with E-state index >= 15 is 0 Å². The first kappa shape index (κ1) is 30.7. The molecule has 1 aliphatic rings. The van der Waals surface area contributed by atoms with E-state index in [2.05, 4.69) is 50.6 Å². The predicted octanol–water partition coefficient (Wildman–Crippen LogP) is 5.35. The minimum absolute atomic E-state index is 0.150. The molecule has 0 saturated carbocycles. The van der Waals surface area contributed by atoms with Crippen LogP contribution in [-0.2, 0) is 0 Å². The lowest BCUT2D eigenvalue weighted by molar-refractivity contribution is 0.0949. The monoisotopic (exact) mass is 572 g/mol. The summed E-state index contributed by atoms with van der Waals surface area (Å²) in [7, 11) is 1.69. The van der Waals surface area contributed by atoms with Gasteiger partial charge in [0.1, 0.15) is 5.75 Å². The fourth-order valence-electron chi connectivity index (χ4n) is 5.28. The topological polar surface area (TPSA) is 89.2 Å². The average Bonchev–Trinajstić information content (AvgIpc) is 3.01. The summed E-state index contributed by atoms with van der Waals surface area (Å²) < 4.78 is 5.57. The molecule has 3 amide bonds. The Morgan fingerprint density at radius 1 is 0.857 bits per heavy atom. The summed E-state index contributed by atoms with van der Waals surface area (Å²) in [5.41, 5.74) is 5.91. The van der Waals surface area contributed by atoms with E-state index in [9.17, 15) is 9.59 Å². The van der Waals surface area contributed by atoms with E-state index in [-0.39, 0.29) is 11.9 Å². The summed E-state index contributed by atoms with van der Waals surface area (Å²) in [6.45, 7) is 14.5. The van der Waals surface area contributed by atoms with E-state index in [1.807, 2.05) is 62.4 Å². The predicted molar refractivity (Wildman–Crippen MR) is 173 cm³/mol. The maximum atomic E-state index is 13.5. The van der Waals surface area contributed by atoms with Gasteiger partial charge in [-0.15, -0.1) is 0 Å². The van der Waals surface area contributed by atoms with Crippen molar-refractivity contribution in [3.05, 3.63) is 77.4 Å². The number of likely N-dealkylation sites (N-methyl/N-ethyl adjacent to an activating group) is 1. The fourth-order valence-corrected chi connectivity index (χ4v) is 5.28. The quantitative estimate of drug-likeness (QED) is 0.287. The highest BCUT2D eigenvalue weighted by atomic mass is 16.5. The maximum absolute atomic E-state index is 13.5. The lowest BCUT2D eigenvalue weighted by Gasteiger charge is -2.38. The maximum Gasteiger partial charge on any atom is 0.323 e. The van der Waals surface area contributed by atoms with E-state index in [1.54, 1.807) is 13.2 Å². The lowest BCUT2D eigenvalue weighted by Crippen LogP contribution is -2.47. The van der Waals surface area contributed by atoms with Crippen LogP contribution in [0.4, 0.5) is 27.5 Å². The summed E-state index contributed by atoms with van der Waals surface area (Å²) in [5.74, 6) is 0.705. The van der Waals surface area contributed by atoms with Gasteiger partial charge in [-0.25, -0.2) is 4.79 Å². The van der Waals surface area contributed by atoms with Crippen molar-refractivity contribution in [2.24, 2.45) is 0 Å². The number of para-hydroxylation sites is 2. The van der Waals surface area contributed by atoms with Crippen molar-refractivity contribution in [2.75, 3.05) is 79.9 Å². The third-order valence-electron chi connectivity index (χ3n) is 8.01. The second kappa shape index (κ2) is 14.6. The first-order chi connectivity index (χ1) is 20.3. The van der Waals surface area contributed by atoms with Crippen LogP contribution in [-0.4, -0.2) is 76.3 Å². The molecule has 4 rings (SSSR count). The number of hydrogen-bond acceptors (Lipinski definition) is 6. The number of aryl methyl sites for hydroxylation is 1. The van der Waals surface area contributed by atoms with Crippen LogP contribution in [0.25, 0.3) is 0 Å². The van der Waals surface area contributed by atoms with Crippen LogP contribution in [0.2, 0.25) is 0 Å². The zero-order valence-corrected chi connectivity index (χ0v) is 25.5. The Morgan fingerprint density at radius 3 is 2.24 bits per heavy atom. The molecule has 0 aromatic heterocycles. The largest absolute Gasteiger partial charge is 0.495 e. The van der Waals surface area contributed by atoms with Gasteiger partial charge in [0.2, 0.25) is 0 Å². The van der Waals surface area contributed by atoms with Crippen molar-refractivity contribution in [3.8, 4) is 5.75 Å². The van der Waals surface area contributed by atoms with Crippen molar-refractivity contribution in [3.63, 3.8) is 0 Å². The van der Waals surface area contributed by atoms with Gasteiger partial charge in [-0.1, -0.05) is 38.1 Å². The van der Waals surface area contributed by atoms with Crippen LogP contribution in [0.3, 0.4) is 0 Å². The minimum atomic E-state index is -0.352. The summed E-state index contributed by atoms with van der Waals surface area (Å²) in [6.07, 6.45) is 0. The number of carbonyl (C=O) groups is 2. The zero-order chi connectivity index (χ0) is 30.1. The average molecular weight is 573 g/mol. The molecule has 1 saturated heterocycles. The number of urea groups is 1. The molecule has 1 aliphatic heterocycles. The second-order valence-electron chi connectivity index (χ2n) is 10.5. The minimum Gasteiger partial charge on any atom is -0.495 e. The summed E-state index contributed by atoms with van der Waals surface area (Å²) in [6, 6.07) is 19.1. The molecule has 1 fully saturated rings. The summed E-state index contributed by atoms with van der Waals surface area (Å²) in [5, 5.41) is 8.95. The van der Waals surface area contributed by atoms with Crippen molar-refractivity contribution < 1.29 is 14.3 Å². The van der Waals surface area contributed by atoms with Crippen molar-refractivity contribution >= 4 is 34.7 Å². The first-order valence-corrected chi connectivity index (χ1v) is 14.8. The number of rotatable bonds is 11. The smallest absolute Gasteiger partial charge is 0.323 e. The van der Waals surface area contributed by atoms with Gasteiger partial charge in [0.05, 0.1) is 18.4 Å². The summed E-state index contributed by atoms with van der Waals surface area (Å²) in [4.78, 5) is 33.3. The molecule has 224 valence electrons. The Morgan fingerprint density at radius 2 is 1.55 bits per heavy atom. The number of nitrogens with zero attached hydrogens (tertiary/aromatic N) is 3. The Kier molecular flexibility index (Phi) is 10.7. The highest BCUT2D eigenvalue weighted by Crippen LogP contribution is 2.31. The molecule has 3 N–H and O–H groups in total. The fraction of sp³-hybridized carbons (Fsp3) is 0.394. The first-order valence-electron chi connectivity index (χ1n) is 14.8. The molecule has 42 heavy (non-hydrogen) atoms. The molecule has 3 aromatic carbocycles. The number of piperazine rings is 1. The molecule has 9 nitrogen and oxygen atoms in total. The molecule has 0 bridgehead atoms. The van der Waals surface area contributed by atoms with Crippen molar-refractivity contribution in [2.45, 2.75) is 27.7 Å². The van der Waals surface area contributed by atoms with Crippen LogP contribution in [0.1, 0.15) is 35.3 Å². The molecule has 3 aromatic rings. The van der Waals surface area contributed by atoms with Crippen LogP contribution >= 0.6 is 0 Å². The number of benzene rings is 3. The van der Waals surface area contributed by atoms with Gasteiger partial charge in [0.15, 0.2) is 0 Å². The Balaban J connectivity index is 1.51. The number of ether oxygens (including phenoxy) is 1. The molecule has 0 unspecified atom stereocenters. The normalized spacial score (nSPS) is 13.2. The van der Waals surface area contributed by atoms with E-state index in [0.717, 1.165) is 79.8 Å². The van der Waals surface area contributed by atoms with E-state index in [0.29, 0.717) is 17.8 Å². The standard InChI is InChI=1S/C33H44N6O3/c1-6-37(7-2)18-17-34-32(40)27-23-26(35-33(41)36-28-12-10-11-24(3)25(28)4)15-16-29(27)38-19-21-39(22-20-38)30-13-8-9-14-31(30)42-5/h8-16,23H,6-7,17-22H2,1-5H3,(H,34,40)(H2,35,36,41). The highest BCUT2D eigenvalue weighted by Gasteiger charge is 2.24. The summed E-state index contributed by atoms with van der Waals surface area (Å²) >= 11 is 0. The molecule has 0 aliphatic carbocycles. The SMILES string of the molecule is CCN(CC)CCNC(=O)c1cc(NC(=O)Nc2cccc(C)c2C)ccc1N1CCN(c2ccccc2OC)CC1. The van der Waals surface area contributed by atoms with Crippen LogP contribution in [0.15, 0.2) is 60.7 Å². The second-order valence-corrected chi connectivity index (χ2v) is 10.5. The van der Waals surface area contributed by atoms with Gasteiger partial charge in [0, 0.05) is 56.3 Å². The van der Waals surface area contributed by atoms with Gasteiger partial charge in [-0.3, -0.25) is 4.79 Å². The van der Waals surface area contributed by atoms with Gasteiger partial charge in [0.25, 0.3) is 5.91 Å². The molecular formula is C33H44N6O3. The Bertz CT molecular complexity index is 1370. The highest BCUT2D eigenvalue weighted by molar-refractivity contribution is 6.04. The van der Waals surface area contributed by atoms with Crippen LogP contribution in [0, 0.1) is 13.8 Å². The van der Waals surface area contributed by atoms with Crippen molar-refractivity contribution in [1.29, 1.82) is 0 Å². The molecule has 1 heterocycles. The third kappa shape index (κ3) is 7.53. The number of anilines is 4. The Labute approximate surface area is 249 Å². The molecule has 0 atom stereocenters. The van der Waals surface area contributed by atoms with E-state index < -0.39 is 0 Å².